The third-order valence-corrected chi connectivity index (χ3v) is 15.7. The Hall–Kier alpha value is 0.0938. The molecule has 0 heterocycles. The maximum absolute atomic E-state index is 6.87. The monoisotopic (exact) mass is 414 g/mol. The molecule has 0 saturated heterocycles. The van der Waals surface area contributed by atoms with E-state index in [0.29, 0.717) is 6.10 Å². The lowest BCUT2D eigenvalue weighted by atomic mass is 10.0. The molecule has 4 heteroatoms. The predicted octanol–water partition coefficient (Wildman–Crippen LogP) is 8.31. The third kappa shape index (κ3) is 9.42. The topological polar surface area (TPSA) is 18.5 Å². The fourth-order valence-electron chi connectivity index (χ4n) is 2.71. The van der Waals surface area contributed by atoms with Crippen LogP contribution in [0, 0.1) is 0 Å². The Morgan fingerprint density at radius 2 is 1.26 bits per heavy atom. The van der Waals surface area contributed by atoms with Gasteiger partial charge in [0.05, 0.1) is 6.10 Å². The maximum atomic E-state index is 6.87. The second-order valence-corrected chi connectivity index (χ2v) is 20.8. The molecule has 0 aromatic rings. The molecule has 0 aromatic carbocycles. The van der Waals surface area contributed by atoms with Crippen LogP contribution in [0.5, 0.6) is 0 Å². The van der Waals surface area contributed by atoms with Crippen LogP contribution in [0.4, 0.5) is 0 Å². The highest BCUT2D eigenvalue weighted by Crippen LogP contribution is 2.40. The molecule has 2 nitrogen and oxygen atoms in total. The highest BCUT2D eigenvalue weighted by molar-refractivity contribution is 6.74. The fourth-order valence-corrected chi connectivity index (χ4v) is 5.49. The first kappa shape index (κ1) is 27.1. The lowest BCUT2D eigenvalue weighted by Crippen LogP contribution is -2.47. The minimum absolute atomic E-state index is 0.222. The van der Waals surface area contributed by atoms with Crippen LogP contribution in [-0.2, 0) is 8.85 Å². The van der Waals surface area contributed by atoms with Crippen molar-refractivity contribution in [3.05, 3.63) is 12.7 Å². The summed E-state index contributed by atoms with van der Waals surface area (Å²) < 4.78 is 13.6. The van der Waals surface area contributed by atoms with Crippen molar-refractivity contribution in [2.45, 2.75) is 135 Å². The Labute approximate surface area is 173 Å². The van der Waals surface area contributed by atoms with E-state index in [1.165, 1.54) is 19.3 Å². The average Bonchev–Trinajstić information content (AvgIpc) is 2.44. The van der Waals surface area contributed by atoms with Gasteiger partial charge in [0.1, 0.15) is 0 Å². The molecule has 0 unspecified atom stereocenters. The van der Waals surface area contributed by atoms with Crippen molar-refractivity contribution in [3.63, 3.8) is 0 Å². The Morgan fingerprint density at radius 1 is 0.815 bits per heavy atom. The Balaban J connectivity index is 5.34. The van der Waals surface area contributed by atoms with Crippen molar-refractivity contribution in [2.75, 3.05) is 0 Å². The summed E-state index contributed by atoms with van der Waals surface area (Å²) in [6.07, 6.45) is 9.38. The summed E-state index contributed by atoms with van der Waals surface area (Å²) in [5.74, 6) is 0. The number of hydrogen-bond acceptors (Lipinski definition) is 2. The molecule has 0 N–H and O–H groups in total. The molecule has 0 radical (unpaired) electrons. The number of hydrogen-bond donors (Lipinski definition) is 0. The smallest absolute Gasteiger partial charge is 0.192 e. The van der Waals surface area contributed by atoms with Crippen LogP contribution in [0.15, 0.2) is 12.7 Å². The quantitative estimate of drug-likeness (QED) is 0.181. The first-order valence-corrected chi connectivity index (χ1v) is 16.9. The summed E-state index contributed by atoms with van der Waals surface area (Å²) in [5, 5.41) is 0.467. The molecule has 0 saturated carbocycles. The molecule has 0 fully saturated rings. The van der Waals surface area contributed by atoms with E-state index in [1.54, 1.807) is 0 Å². The van der Waals surface area contributed by atoms with Gasteiger partial charge in [-0.25, -0.2) is 0 Å². The molecule has 0 aromatic heterocycles. The molecular weight excluding hydrogens is 364 g/mol. The standard InChI is InChI=1S/C23H50O2Si2/c1-13-15-16-18-21(25-27(11,12)23(6,7)8)19-20(17-14-2)24-26(9,10)22(3,4)5/h14,20-21H,2,13,15-19H2,1,3-12H3/t20-,21+/m0/s1. The van der Waals surface area contributed by atoms with Crippen LogP contribution >= 0.6 is 0 Å². The van der Waals surface area contributed by atoms with E-state index < -0.39 is 16.6 Å². The zero-order valence-electron chi connectivity index (χ0n) is 20.5. The van der Waals surface area contributed by atoms with E-state index in [0.717, 1.165) is 19.3 Å². The van der Waals surface area contributed by atoms with E-state index >= 15 is 0 Å². The molecule has 0 aliphatic rings. The van der Waals surface area contributed by atoms with E-state index in [2.05, 4.69) is 81.2 Å². The zero-order valence-corrected chi connectivity index (χ0v) is 22.5. The Bertz CT molecular complexity index is 431. The lowest BCUT2D eigenvalue weighted by Gasteiger charge is -2.42. The fraction of sp³-hybridized carbons (Fsp3) is 0.913. The van der Waals surface area contributed by atoms with Gasteiger partial charge in [-0.1, -0.05) is 73.8 Å². The maximum Gasteiger partial charge on any atom is 0.192 e. The lowest BCUT2D eigenvalue weighted by molar-refractivity contribution is 0.0868. The minimum atomic E-state index is -1.80. The molecule has 0 aliphatic carbocycles. The predicted molar refractivity (Wildman–Crippen MR) is 128 cm³/mol. The van der Waals surface area contributed by atoms with Gasteiger partial charge in [0.25, 0.3) is 0 Å². The van der Waals surface area contributed by atoms with E-state index in [-0.39, 0.29) is 16.2 Å². The summed E-state index contributed by atoms with van der Waals surface area (Å²) >= 11 is 0. The summed E-state index contributed by atoms with van der Waals surface area (Å²) in [7, 11) is -3.58. The van der Waals surface area contributed by atoms with Gasteiger partial charge in [-0.15, -0.1) is 6.58 Å². The second-order valence-electron chi connectivity index (χ2n) is 11.3. The van der Waals surface area contributed by atoms with Crippen LogP contribution < -0.4 is 0 Å². The van der Waals surface area contributed by atoms with Crippen molar-refractivity contribution in [3.8, 4) is 0 Å². The molecule has 27 heavy (non-hydrogen) atoms. The molecule has 2 atom stereocenters. The van der Waals surface area contributed by atoms with Gasteiger partial charge in [0.2, 0.25) is 0 Å². The van der Waals surface area contributed by atoms with Crippen LogP contribution in [0.3, 0.4) is 0 Å². The molecule has 0 amide bonds. The van der Waals surface area contributed by atoms with Crippen molar-refractivity contribution in [1.82, 2.24) is 0 Å². The van der Waals surface area contributed by atoms with Crippen LogP contribution in [0.25, 0.3) is 0 Å². The van der Waals surface area contributed by atoms with Crippen molar-refractivity contribution >= 4 is 16.6 Å². The first-order valence-electron chi connectivity index (χ1n) is 11.0. The molecule has 162 valence electrons. The normalized spacial score (nSPS) is 16.3. The van der Waals surface area contributed by atoms with Gasteiger partial charge in [0.15, 0.2) is 16.6 Å². The van der Waals surface area contributed by atoms with Crippen LogP contribution in [0.1, 0.15) is 87.0 Å². The van der Waals surface area contributed by atoms with E-state index in [1.807, 2.05) is 6.08 Å². The van der Waals surface area contributed by atoms with Gasteiger partial charge >= 0.3 is 0 Å². The van der Waals surface area contributed by atoms with Gasteiger partial charge in [-0.05, 0) is 55.5 Å². The van der Waals surface area contributed by atoms with Gasteiger partial charge in [-0.2, -0.15) is 0 Å². The second kappa shape index (κ2) is 10.8. The van der Waals surface area contributed by atoms with Crippen LogP contribution in [-0.4, -0.2) is 28.8 Å². The van der Waals surface area contributed by atoms with Crippen LogP contribution in [0.2, 0.25) is 36.3 Å². The van der Waals surface area contributed by atoms with Crippen molar-refractivity contribution in [2.24, 2.45) is 0 Å². The van der Waals surface area contributed by atoms with Gasteiger partial charge in [0, 0.05) is 6.10 Å². The summed E-state index contributed by atoms with van der Waals surface area (Å²) in [4.78, 5) is 0. The van der Waals surface area contributed by atoms with E-state index in [9.17, 15) is 0 Å². The third-order valence-electron chi connectivity index (χ3n) is 6.62. The number of unbranched alkanes of at least 4 members (excludes halogenated alkanes) is 2. The first-order chi connectivity index (χ1) is 12.1. The largest absolute Gasteiger partial charge is 0.414 e. The highest BCUT2D eigenvalue weighted by atomic mass is 28.4. The summed E-state index contributed by atoms with van der Waals surface area (Å²) in [6.45, 7) is 29.6. The van der Waals surface area contributed by atoms with E-state index in [4.69, 9.17) is 8.85 Å². The van der Waals surface area contributed by atoms with Crippen molar-refractivity contribution in [1.29, 1.82) is 0 Å². The number of rotatable bonds is 12. The molecule has 0 aliphatic heterocycles. The SMILES string of the molecule is C=CC[C@@H](C[C@@H](CCCCC)O[Si](C)(C)C(C)(C)C)O[Si](C)(C)C(C)(C)C. The Kier molecular flexibility index (Phi) is 10.8. The Morgan fingerprint density at radius 3 is 1.63 bits per heavy atom. The minimum Gasteiger partial charge on any atom is -0.414 e. The zero-order chi connectivity index (χ0) is 21.5. The molecular formula is C23H50O2Si2. The summed E-state index contributed by atoms with van der Waals surface area (Å²) in [5.41, 5.74) is 0. The molecule has 0 rings (SSSR count). The highest BCUT2D eigenvalue weighted by Gasteiger charge is 2.41. The molecule has 0 spiro atoms. The van der Waals surface area contributed by atoms with Gasteiger partial charge in [-0.3, -0.25) is 0 Å². The van der Waals surface area contributed by atoms with Gasteiger partial charge < -0.3 is 8.85 Å². The van der Waals surface area contributed by atoms with Crippen molar-refractivity contribution < 1.29 is 8.85 Å². The molecule has 0 bridgehead atoms. The average molecular weight is 415 g/mol. The summed E-state index contributed by atoms with van der Waals surface area (Å²) in [6, 6.07) is 0.